The number of carboxylic acids is 1. The van der Waals surface area contributed by atoms with Crippen molar-refractivity contribution in [1.82, 2.24) is 19.5 Å². The summed E-state index contributed by atoms with van der Waals surface area (Å²) in [6, 6.07) is 6.99. The number of imidazole rings is 1. The number of nitrogen functional groups attached to an aromatic ring is 1. The number of nitrogens with two attached hydrogens (primary N) is 1. The summed E-state index contributed by atoms with van der Waals surface area (Å²) in [7, 11) is 0. The number of rotatable bonds is 5. The first-order valence-corrected chi connectivity index (χ1v) is 12.5. The topological polar surface area (TPSA) is 153 Å². The van der Waals surface area contributed by atoms with Crippen LogP contribution in [0.4, 0.5) is 15.0 Å². The van der Waals surface area contributed by atoms with Crippen LogP contribution in [0.2, 0.25) is 0 Å². The molecule has 1 atom stereocenters. The molecule has 4 N–H and O–H groups in total. The number of aryl methyl sites for hydroxylation is 1. The number of piperidine rings is 1. The van der Waals surface area contributed by atoms with Crippen molar-refractivity contribution in [2.75, 3.05) is 17.7 Å². The number of halogens is 1. The van der Waals surface area contributed by atoms with Crippen molar-refractivity contribution in [2.24, 2.45) is 0 Å². The molecular formula is C27H31FN6O5. The van der Waals surface area contributed by atoms with Crippen LogP contribution in [-0.2, 0) is 4.74 Å². The SMILES string of the molecule is Cc1cc(NC(=O)c2ccc(-c3nc(C4CCCCN4C(=O)OC(C)(C)C)n(N)c3C(=O)O)cc2)ncc1F. The summed E-state index contributed by atoms with van der Waals surface area (Å²) in [4.78, 5) is 47.8. The predicted molar refractivity (Wildman–Crippen MR) is 141 cm³/mol. The average molecular weight is 539 g/mol. The molecule has 3 heterocycles. The number of hydrogen-bond donors (Lipinski definition) is 3. The second-order valence-corrected chi connectivity index (χ2v) is 10.4. The van der Waals surface area contributed by atoms with Gasteiger partial charge in [-0.3, -0.25) is 9.69 Å². The maximum absolute atomic E-state index is 13.5. The van der Waals surface area contributed by atoms with Crippen molar-refractivity contribution in [3.05, 3.63) is 65.0 Å². The highest BCUT2D eigenvalue weighted by Crippen LogP contribution is 2.34. The molecule has 0 spiro atoms. The van der Waals surface area contributed by atoms with Crippen LogP contribution in [0.1, 0.15) is 78.3 Å². The van der Waals surface area contributed by atoms with Gasteiger partial charge in [-0.2, -0.15) is 0 Å². The molecule has 2 aromatic heterocycles. The third-order valence-corrected chi connectivity index (χ3v) is 6.28. The lowest BCUT2D eigenvalue weighted by Gasteiger charge is -2.36. The molecule has 0 aliphatic carbocycles. The number of anilines is 1. The maximum atomic E-state index is 13.5. The number of hydrogen-bond acceptors (Lipinski definition) is 7. The fourth-order valence-corrected chi connectivity index (χ4v) is 4.41. The molecule has 1 aromatic carbocycles. The number of nitrogens with zero attached hydrogens (tertiary/aromatic N) is 4. The minimum atomic E-state index is -1.29. The van der Waals surface area contributed by atoms with E-state index >= 15 is 0 Å². The lowest BCUT2D eigenvalue weighted by molar-refractivity contribution is 0.00821. The largest absolute Gasteiger partial charge is 0.476 e. The Labute approximate surface area is 224 Å². The van der Waals surface area contributed by atoms with Gasteiger partial charge < -0.3 is 21.0 Å². The molecule has 39 heavy (non-hydrogen) atoms. The Kier molecular flexibility index (Phi) is 7.57. The van der Waals surface area contributed by atoms with Gasteiger partial charge in [0.2, 0.25) is 0 Å². The van der Waals surface area contributed by atoms with E-state index in [-0.39, 0.29) is 28.6 Å². The Morgan fingerprint density at radius 1 is 1.18 bits per heavy atom. The highest BCUT2D eigenvalue weighted by atomic mass is 19.1. The summed E-state index contributed by atoms with van der Waals surface area (Å²) < 4.78 is 20.0. The van der Waals surface area contributed by atoms with Crippen molar-refractivity contribution in [3.8, 4) is 11.3 Å². The number of pyridine rings is 1. The molecule has 0 bridgehead atoms. The fourth-order valence-electron chi connectivity index (χ4n) is 4.41. The summed E-state index contributed by atoms with van der Waals surface area (Å²) in [6.07, 6.45) is 2.63. The lowest BCUT2D eigenvalue weighted by atomic mass is 10.0. The normalized spacial score (nSPS) is 15.6. The molecule has 12 heteroatoms. The van der Waals surface area contributed by atoms with Crippen LogP contribution in [0.3, 0.4) is 0 Å². The Morgan fingerprint density at radius 3 is 2.49 bits per heavy atom. The van der Waals surface area contributed by atoms with Crippen LogP contribution in [0.15, 0.2) is 36.5 Å². The Hall–Kier alpha value is -4.48. The van der Waals surface area contributed by atoms with Crippen molar-refractivity contribution in [2.45, 2.75) is 58.6 Å². The number of aromatic carboxylic acids is 1. The minimum absolute atomic E-state index is 0.109. The number of ether oxygens (including phenoxy) is 1. The summed E-state index contributed by atoms with van der Waals surface area (Å²) in [6.45, 7) is 7.31. The zero-order valence-electron chi connectivity index (χ0n) is 22.2. The number of amides is 2. The number of aromatic nitrogens is 3. The number of benzene rings is 1. The Morgan fingerprint density at radius 2 is 1.87 bits per heavy atom. The van der Waals surface area contributed by atoms with Gasteiger partial charge in [0.15, 0.2) is 11.5 Å². The van der Waals surface area contributed by atoms with E-state index in [1.165, 1.54) is 23.1 Å². The van der Waals surface area contributed by atoms with Crippen LogP contribution in [0.25, 0.3) is 11.3 Å². The summed E-state index contributed by atoms with van der Waals surface area (Å²) in [5.74, 6) is 4.44. The van der Waals surface area contributed by atoms with Crippen molar-refractivity contribution < 1.29 is 28.6 Å². The first-order chi connectivity index (χ1) is 18.4. The van der Waals surface area contributed by atoms with Gasteiger partial charge in [-0.05, 0) is 70.7 Å². The Balaban J connectivity index is 1.63. The van der Waals surface area contributed by atoms with Gasteiger partial charge in [-0.1, -0.05) is 12.1 Å². The quantitative estimate of drug-likeness (QED) is 0.401. The third-order valence-electron chi connectivity index (χ3n) is 6.28. The summed E-state index contributed by atoms with van der Waals surface area (Å²) in [5.41, 5.74) is 0.197. The highest BCUT2D eigenvalue weighted by molar-refractivity contribution is 6.04. The van der Waals surface area contributed by atoms with Gasteiger partial charge in [0.25, 0.3) is 5.91 Å². The smallest absolute Gasteiger partial charge is 0.410 e. The minimum Gasteiger partial charge on any atom is -0.476 e. The van der Waals surface area contributed by atoms with Crippen LogP contribution in [0, 0.1) is 12.7 Å². The molecule has 2 amide bonds. The highest BCUT2D eigenvalue weighted by Gasteiger charge is 2.36. The second-order valence-electron chi connectivity index (χ2n) is 10.4. The molecule has 0 saturated carbocycles. The molecule has 206 valence electrons. The first-order valence-electron chi connectivity index (χ1n) is 12.5. The zero-order valence-corrected chi connectivity index (χ0v) is 22.2. The molecule has 1 saturated heterocycles. The van der Waals surface area contributed by atoms with Gasteiger partial charge in [0.1, 0.15) is 22.9 Å². The summed E-state index contributed by atoms with van der Waals surface area (Å²) in [5, 5.41) is 12.6. The van der Waals surface area contributed by atoms with Crippen molar-refractivity contribution in [3.63, 3.8) is 0 Å². The van der Waals surface area contributed by atoms with Crippen LogP contribution < -0.4 is 11.2 Å². The Bertz CT molecular complexity index is 1410. The molecule has 1 aliphatic heterocycles. The van der Waals surface area contributed by atoms with E-state index in [9.17, 15) is 23.9 Å². The lowest BCUT2D eigenvalue weighted by Crippen LogP contribution is -2.43. The van der Waals surface area contributed by atoms with Crippen LogP contribution >= 0.6 is 0 Å². The average Bonchev–Trinajstić information content (AvgIpc) is 3.22. The maximum Gasteiger partial charge on any atom is 0.410 e. The molecule has 11 nitrogen and oxygen atoms in total. The van der Waals surface area contributed by atoms with E-state index in [1.807, 2.05) is 0 Å². The number of nitrogens with one attached hydrogen (secondary N) is 1. The molecule has 3 aromatic rings. The standard InChI is InChI=1S/C27H31FN6O5/c1-15-13-20(30-14-18(15)28)31-24(35)17-10-8-16(9-11-17)21-22(25(36)37)34(29)23(32-21)19-7-5-6-12-33(19)26(38)39-27(2,3)4/h8-11,13-14,19H,5-7,12,29H2,1-4H3,(H,36,37)(H,30,31,35). The van der Waals surface area contributed by atoms with Gasteiger partial charge in [0.05, 0.1) is 12.2 Å². The number of carboxylic acid groups (broad SMARTS) is 1. The predicted octanol–water partition coefficient (Wildman–Crippen LogP) is 4.52. The van der Waals surface area contributed by atoms with E-state index in [0.29, 0.717) is 24.1 Å². The van der Waals surface area contributed by atoms with E-state index in [2.05, 4.69) is 15.3 Å². The molecule has 1 unspecified atom stereocenters. The zero-order chi connectivity index (χ0) is 28.5. The van der Waals surface area contributed by atoms with Gasteiger partial charge in [0, 0.05) is 17.7 Å². The van der Waals surface area contributed by atoms with Crippen LogP contribution in [0.5, 0.6) is 0 Å². The number of carbonyl (C=O) groups excluding carboxylic acids is 2. The molecular weight excluding hydrogens is 507 g/mol. The first kappa shape index (κ1) is 27.6. The van der Waals surface area contributed by atoms with Crippen molar-refractivity contribution in [1.29, 1.82) is 0 Å². The second kappa shape index (κ2) is 10.7. The van der Waals surface area contributed by atoms with Gasteiger partial charge in [-0.15, -0.1) is 0 Å². The van der Waals surface area contributed by atoms with Gasteiger partial charge >= 0.3 is 12.1 Å². The van der Waals surface area contributed by atoms with Crippen LogP contribution in [-0.4, -0.2) is 54.8 Å². The molecule has 1 fully saturated rings. The summed E-state index contributed by atoms with van der Waals surface area (Å²) >= 11 is 0. The fraction of sp³-hybridized carbons (Fsp3) is 0.370. The van der Waals surface area contributed by atoms with Gasteiger partial charge in [-0.25, -0.2) is 28.6 Å². The van der Waals surface area contributed by atoms with E-state index < -0.39 is 35.4 Å². The molecule has 0 radical (unpaired) electrons. The van der Waals surface area contributed by atoms with E-state index in [0.717, 1.165) is 23.7 Å². The monoisotopic (exact) mass is 538 g/mol. The number of carbonyl (C=O) groups is 3. The molecule has 4 rings (SSSR count). The van der Waals surface area contributed by atoms with E-state index in [1.54, 1.807) is 39.8 Å². The number of likely N-dealkylation sites (tertiary alicyclic amines) is 1. The third kappa shape index (κ3) is 6.00. The van der Waals surface area contributed by atoms with E-state index in [4.69, 9.17) is 10.6 Å². The molecule has 1 aliphatic rings. The van der Waals surface area contributed by atoms with Crippen molar-refractivity contribution >= 4 is 23.8 Å².